The van der Waals surface area contributed by atoms with E-state index in [0.717, 1.165) is 10.7 Å². The number of amides is 2. The lowest BCUT2D eigenvalue weighted by atomic mass is 10.0. The Morgan fingerprint density at radius 3 is 2.57 bits per heavy atom. The summed E-state index contributed by atoms with van der Waals surface area (Å²) in [6, 6.07) is 8.63. The Hall–Kier alpha value is -4.84. The summed E-state index contributed by atoms with van der Waals surface area (Å²) < 4.78 is 41.4. The number of tetrazole rings is 1. The molecule has 3 aromatic heterocycles. The van der Waals surface area contributed by atoms with Gasteiger partial charge in [-0.1, -0.05) is 11.6 Å². The van der Waals surface area contributed by atoms with Gasteiger partial charge in [-0.15, -0.1) is 10.2 Å². The van der Waals surface area contributed by atoms with Crippen molar-refractivity contribution in [3.8, 4) is 17.7 Å². The number of aryl methyl sites for hydroxylation is 1. The fourth-order valence-corrected chi connectivity index (χ4v) is 3.56. The average Bonchev–Trinajstić information content (AvgIpc) is 3.52. The molecule has 4 rings (SSSR count). The van der Waals surface area contributed by atoms with Crippen LogP contribution in [0.1, 0.15) is 37.8 Å². The molecule has 0 saturated carbocycles. The van der Waals surface area contributed by atoms with Crippen LogP contribution in [0, 0.1) is 18.3 Å². The second-order valence-electron chi connectivity index (χ2n) is 7.38. The van der Waals surface area contributed by atoms with Gasteiger partial charge < -0.3 is 10.6 Å². The zero-order valence-electron chi connectivity index (χ0n) is 18.9. The molecular weight excluding hydrogens is 517 g/mol. The van der Waals surface area contributed by atoms with E-state index < -0.39 is 29.6 Å². The highest BCUT2D eigenvalue weighted by atomic mass is 35.5. The quantitative estimate of drug-likeness (QED) is 0.399. The minimum atomic E-state index is -4.92. The fourth-order valence-electron chi connectivity index (χ4n) is 3.36. The molecule has 37 heavy (non-hydrogen) atoms. The van der Waals surface area contributed by atoms with Crippen LogP contribution in [0.15, 0.2) is 36.5 Å². The van der Waals surface area contributed by atoms with Gasteiger partial charge in [0.05, 0.1) is 27.9 Å². The molecule has 12 nitrogen and oxygen atoms in total. The third-order valence-electron chi connectivity index (χ3n) is 4.98. The highest BCUT2D eigenvalue weighted by molar-refractivity contribution is 6.32. The molecule has 2 N–H and O–H groups in total. The number of benzene rings is 1. The van der Waals surface area contributed by atoms with Gasteiger partial charge in [0.2, 0.25) is 0 Å². The standard InChI is InChI=1S/C21H14ClF3N10O2/c1-10-6-11(9-26)7-12(18(36)27-2)16(10)29-19(37)14-8-15(35-20(21(23,24)25)30-32-33-35)31-34(14)17-13(22)4-3-5-28-17/h3-8H,1-2H3,(H,27,36)(H,29,37). The van der Waals surface area contributed by atoms with Crippen LogP contribution in [0.5, 0.6) is 0 Å². The molecule has 0 bridgehead atoms. The number of aromatic nitrogens is 7. The zero-order valence-corrected chi connectivity index (χ0v) is 19.6. The molecule has 0 aliphatic heterocycles. The van der Waals surface area contributed by atoms with Gasteiger partial charge in [0.1, 0.15) is 5.69 Å². The van der Waals surface area contributed by atoms with Crippen LogP contribution in [0.25, 0.3) is 11.6 Å². The minimum absolute atomic E-state index is 0.00519. The van der Waals surface area contributed by atoms with Crippen molar-refractivity contribution < 1.29 is 22.8 Å². The van der Waals surface area contributed by atoms with Crippen molar-refractivity contribution in [1.82, 2.24) is 40.3 Å². The van der Waals surface area contributed by atoms with Gasteiger partial charge in [0, 0.05) is 19.3 Å². The SMILES string of the molecule is CNC(=O)c1cc(C#N)cc(C)c1NC(=O)c1cc(-n2nnnc2C(F)(F)F)nn1-c1ncccc1Cl. The molecule has 188 valence electrons. The van der Waals surface area contributed by atoms with E-state index in [1.807, 2.05) is 6.07 Å². The Bertz CT molecular complexity index is 1570. The van der Waals surface area contributed by atoms with E-state index in [1.165, 1.54) is 37.5 Å². The van der Waals surface area contributed by atoms with Gasteiger partial charge >= 0.3 is 6.18 Å². The summed E-state index contributed by atoms with van der Waals surface area (Å²) >= 11 is 6.21. The second-order valence-corrected chi connectivity index (χ2v) is 7.79. The molecule has 0 radical (unpaired) electrons. The molecule has 0 aliphatic rings. The van der Waals surface area contributed by atoms with Gasteiger partial charge in [0.25, 0.3) is 17.6 Å². The second kappa shape index (κ2) is 9.66. The van der Waals surface area contributed by atoms with E-state index in [0.29, 0.717) is 10.2 Å². The smallest absolute Gasteiger partial charge is 0.355 e. The largest absolute Gasteiger partial charge is 0.453 e. The molecule has 2 amide bonds. The number of nitrogens with one attached hydrogen (secondary N) is 2. The summed E-state index contributed by atoms with van der Waals surface area (Å²) in [5, 5.41) is 27.7. The zero-order chi connectivity index (χ0) is 26.9. The number of pyridine rings is 1. The molecule has 0 saturated heterocycles. The van der Waals surface area contributed by atoms with Crippen LogP contribution in [0.4, 0.5) is 18.9 Å². The highest BCUT2D eigenvalue weighted by Crippen LogP contribution is 2.30. The Labute approximate surface area is 210 Å². The van der Waals surface area contributed by atoms with E-state index in [9.17, 15) is 28.0 Å². The van der Waals surface area contributed by atoms with Gasteiger partial charge in [-0.05, 0) is 47.2 Å². The van der Waals surface area contributed by atoms with Crippen molar-refractivity contribution in [3.63, 3.8) is 0 Å². The van der Waals surface area contributed by atoms with Gasteiger partial charge in [-0.3, -0.25) is 9.59 Å². The molecule has 0 spiro atoms. The fraction of sp³-hybridized carbons (Fsp3) is 0.143. The molecule has 16 heteroatoms. The van der Waals surface area contributed by atoms with Crippen molar-refractivity contribution in [3.05, 3.63) is 69.8 Å². The van der Waals surface area contributed by atoms with E-state index in [1.54, 1.807) is 6.92 Å². The lowest BCUT2D eigenvalue weighted by Crippen LogP contribution is -2.24. The van der Waals surface area contributed by atoms with Crippen LogP contribution in [-0.4, -0.2) is 53.8 Å². The monoisotopic (exact) mass is 530 g/mol. The highest BCUT2D eigenvalue weighted by Gasteiger charge is 2.39. The summed E-state index contributed by atoms with van der Waals surface area (Å²) in [6.45, 7) is 1.57. The lowest BCUT2D eigenvalue weighted by Gasteiger charge is -2.14. The number of hydrogen-bond donors (Lipinski definition) is 2. The normalized spacial score (nSPS) is 11.2. The van der Waals surface area contributed by atoms with Crippen molar-refractivity contribution in [1.29, 1.82) is 5.26 Å². The number of anilines is 1. The Balaban J connectivity index is 1.87. The molecule has 3 heterocycles. The maximum atomic E-state index is 13.4. The number of nitriles is 1. The average molecular weight is 531 g/mol. The third-order valence-corrected chi connectivity index (χ3v) is 5.28. The molecule has 0 atom stereocenters. The number of nitrogens with zero attached hydrogens (tertiary/aromatic N) is 8. The molecule has 0 aliphatic carbocycles. The van der Waals surface area contributed by atoms with Crippen LogP contribution >= 0.6 is 11.6 Å². The maximum absolute atomic E-state index is 13.4. The predicted octanol–water partition coefficient (Wildman–Crippen LogP) is 2.71. The molecule has 4 aromatic rings. The molecule has 1 aromatic carbocycles. The first-order valence-electron chi connectivity index (χ1n) is 10.2. The van der Waals surface area contributed by atoms with Crippen LogP contribution in [0.3, 0.4) is 0 Å². The summed E-state index contributed by atoms with van der Waals surface area (Å²) in [6.07, 6.45) is -3.57. The molecule has 0 unspecified atom stereocenters. The Morgan fingerprint density at radius 1 is 1.16 bits per heavy atom. The number of halogens is 4. The topological polar surface area (TPSA) is 156 Å². The van der Waals surface area contributed by atoms with E-state index >= 15 is 0 Å². The summed E-state index contributed by atoms with van der Waals surface area (Å²) in [7, 11) is 1.37. The predicted molar refractivity (Wildman–Crippen MR) is 121 cm³/mol. The van der Waals surface area contributed by atoms with Crippen LogP contribution in [-0.2, 0) is 6.18 Å². The van der Waals surface area contributed by atoms with Crippen LogP contribution in [0.2, 0.25) is 5.02 Å². The van der Waals surface area contributed by atoms with E-state index in [-0.39, 0.29) is 33.3 Å². The first-order valence-corrected chi connectivity index (χ1v) is 10.6. The van der Waals surface area contributed by atoms with Crippen molar-refractivity contribution in [2.75, 3.05) is 12.4 Å². The van der Waals surface area contributed by atoms with Crippen LogP contribution < -0.4 is 10.6 Å². The minimum Gasteiger partial charge on any atom is -0.355 e. The van der Waals surface area contributed by atoms with Gasteiger partial charge in [0.15, 0.2) is 11.6 Å². The number of hydrogen-bond acceptors (Lipinski definition) is 8. The maximum Gasteiger partial charge on any atom is 0.453 e. The van der Waals surface area contributed by atoms with Crippen molar-refractivity contribution in [2.24, 2.45) is 0 Å². The first-order chi connectivity index (χ1) is 17.5. The summed E-state index contributed by atoms with van der Waals surface area (Å²) in [5.41, 5.74) is 0.330. The van der Waals surface area contributed by atoms with Crippen molar-refractivity contribution in [2.45, 2.75) is 13.1 Å². The Morgan fingerprint density at radius 2 is 1.92 bits per heavy atom. The Kier molecular flexibility index (Phi) is 6.60. The summed E-state index contributed by atoms with van der Waals surface area (Å²) in [4.78, 5) is 29.9. The third kappa shape index (κ3) is 4.82. The lowest BCUT2D eigenvalue weighted by molar-refractivity contribution is -0.146. The molecular formula is C21H14ClF3N10O2. The van der Waals surface area contributed by atoms with Gasteiger partial charge in [-0.2, -0.15) is 23.1 Å². The van der Waals surface area contributed by atoms with E-state index in [2.05, 4.69) is 36.2 Å². The van der Waals surface area contributed by atoms with E-state index in [4.69, 9.17) is 11.6 Å². The van der Waals surface area contributed by atoms with Gasteiger partial charge in [-0.25, -0.2) is 9.67 Å². The number of carbonyl (C=O) groups excluding carboxylic acids is 2. The number of rotatable bonds is 5. The van der Waals surface area contributed by atoms with Crippen molar-refractivity contribution >= 4 is 29.1 Å². The number of alkyl halides is 3. The molecule has 0 fully saturated rings. The first kappa shape index (κ1) is 25.3. The number of carbonyl (C=O) groups is 2. The summed E-state index contributed by atoms with van der Waals surface area (Å²) in [5.74, 6) is -3.44.